The number of alkyl halides is 3. The van der Waals surface area contributed by atoms with Crippen molar-refractivity contribution in [3.05, 3.63) is 71.9 Å². The number of rotatable bonds is 6. The van der Waals surface area contributed by atoms with Gasteiger partial charge in [0.1, 0.15) is 5.69 Å². The molecule has 0 aliphatic carbocycles. The summed E-state index contributed by atoms with van der Waals surface area (Å²) in [5.41, 5.74) is 0.252. The fourth-order valence-corrected chi connectivity index (χ4v) is 3.45. The van der Waals surface area contributed by atoms with Crippen LogP contribution < -0.4 is 10.1 Å². The van der Waals surface area contributed by atoms with Crippen LogP contribution in [0.3, 0.4) is 0 Å². The van der Waals surface area contributed by atoms with E-state index in [0.29, 0.717) is 5.69 Å². The molecule has 0 aliphatic rings. The van der Waals surface area contributed by atoms with Gasteiger partial charge in [0.2, 0.25) is 5.88 Å². The minimum Gasteiger partial charge on any atom is -0.467 e. The van der Waals surface area contributed by atoms with Gasteiger partial charge in [0, 0.05) is 19.3 Å². The molecule has 0 saturated carbocycles. The maximum atomic E-state index is 13.9. The van der Waals surface area contributed by atoms with E-state index in [1.54, 1.807) is 25.1 Å². The van der Waals surface area contributed by atoms with Crippen LogP contribution in [0.15, 0.2) is 60.8 Å². The number of carbonyl (C=O) groups excluding carboxylic acids is 1. The summed E-state index contributed by atoms with van der Waals surface area (Å²) in [4.78, 5) is 20.6. The smallest absolute Gasteiger partial charge is 0.417 e. The van der Waals surface area contributed by atoms with Gasteiger partial charge < -0.3 is 10.1 Å². The Hall–Kier alpha value is -3.95. The summed E-state index contributed by atoms with van der Waals surface area (Å²) < 4.78 is 48.4. The third-order valence-electron chi connectivity index (χ3n) is 5.01. The molecule has 10 heteroatoms. The predicted molar refractivity (Wildman–Crippen MR) is 115 cm³/mol. The van der Waals surface area contributed by atoms with E-state index < -0.39 is 24.3 Å². The van der Waals surface area contributed by atoms with Gasteiger partial charge >= 0.3 is 6.18 Å². The first-order valence-corrected chi connectivity index (χ1v) is 10.1. The summed E-state index contributed by atoms with van der Waals surface area (Å²) in [6.45, 7) is 1.31. The lowest BCUT2D eigenvalue weighted by molar-refractivity contribution is -0.136. The number of hydrogen-bond acceptors (Lipinski definition) is 5. The molecule has 4 aromatic rings. The Morgan fingerprint density at radius 1 is 1.15 bits per heavy atom. The number of ether oxygens (including phenoxy) is 1. The van der Waals surface area contributed by atoms with Gasteiger partial charge in [0.25, 0.3) is 5.91 Å². The van der Waals surface area contributed by atoms with Crippen LogP contribution in [0.5, 0.6) is 5.88 Å². The highest BCUT2D eigenvalue weighted by molar-refractivity contribution is 5.93. The third-order valence-corrected chi connectivity index (χ3v) is 5.01. The molecule has 3 heterocycles. The number of pyridine rings is 2. The monoisotopic (exact) mass is 455 g/mol. The maximum absolute atomic E-state index is 13.9. The SMILES string of the molecule is C[C@H](NC(=O)COc1cc(C(F)(F)F)c2c(-c3ccccn3)nn(C)c2n1)c1ccccc1. The molecular weight excluding hydrogens is 435 g/mol. The van der Waals surface area contributed by atoms with Crippen LogP contribution in [-0.4, -0.2) is 32.3 Å². The Kier molecular flexibility index (Phi) is 5.99. The van der Waals surface area contributed by atoms with E-state index >= 15 is 0 Å². The van der Waals surface area contributed by atoms with Crippen molar-refractivity contribution in [2.75, 3.05) is 6.61 Å². The van der Waals surface area contributed by atoms with Gasteiger partial charge in [0.15, 0.2) is 12.3 Å². The Morgan fingerprint density at radius 3 is 2.55 bits per heavy atom. The van der Waals surface area contributed by atoms with Crippen molar-refractivity contribution in [3.63, 3.8) is 0 Å². The summed E-state index contributed by atoms with van der Waals surface area (Å²) in [5.74, 6) is -0.811. The highest BCUT2D eigenvalue weighted by Crippen LogP contribution is 2.40. The van der Waals surface area contributed by atoms with Crippen molar-refractivity contribution < 1.29 is 22.7 Å². The molecule has 170 valence electrons. The molecule has 0 aliphatic heterocycles. The Morgan fingerprint density at radius 2 is 1.88 bits per heavy atom. The second-order valence-corrected chi connectivity index (χ2v) is 7.38. The van der Waals surface area contributed by atoms with E-state index in [2.05, 4.69) is 20.4 Å². The van der Waals surface area contributed by atoms with Crippen LogP contribution in [0.2, 0.25) is 0 Å². The van der Waals surface area contributed by atoms with Crippen molar-refractivity contribution in [2.24, 2.45) is 7.05 Å². The second-order valence-electron chi connectivity index (χ2n) is 7.38. The zero-order valence-electron chi connectivity index (χ0n) is 17.8. The number of halogens is 3. The molecule has 0 radical (unpaired) electrons. The molecule has 0 bridgehead atoms. The molecular formula is C23H20F3N5O2. The molecule has 3 aromatic heterocycles. The van der Waals surface area contributed by atoms with Crippen LogP contribution in [0.25, 0.3) is 22.4 Å². The van der Waals surface area contributed by atoms with Crippen molar-refractivity contribution in [3.8, 4) is 17.3 Å². The van der Waals surface area contributed by atoms with Crippen molar-refractivity contribution in [1.82, 2.24) is 25.1 Å². The van der Waals surface area contributed by atoms with Gasteiger partial charge in [-0.1, -0.05) is 36.4 Å². The van der Waals surface area contributed by atoms with Crippen LogP contribution in [-0.2, 0) is 18.0 Å². The van der Waals surface area contributed by atoms with Crippen molar-refractivity contribution in [1.29, 1.82) is 0 Å². The first-order chi connectivity index (χ1) is 15.7. The highest BCUT2D eigenvalue weighted by Gasteiger charge is 2.36. The van der Waals surface area contributed by atoms with Gasteiger partial charge in [0.05, 0.1) is 22.7 Å². The van der Waals surface area contributed by atoms with Gasteiger partial charge in [-0.2, -0.15) is 23.3 Å². The number of amides is 1. The first-order valence-electron chi connectivity index (χ1n) is 10.1. The molecule has 1 amide bonds. The van der Waals surface area contributed by atoms with E-state index in [1.807, 2.05) is 30.3 Å². The number of nitrogens with zero attached hydrogens (tertiary/aromatic N) is 4. The normalized spacial score (nSPS) is 12.5. The zero-order chi connectivity index (χ0) is 23.6. The number of aryl methyl sites for hydroxylation is 1. The van der Waals surface area contributed by atoms with Crippen LogP contribution in [0.4, 0.5) is 13.2 Å². The molecule has 4 rings (SSSR count). The minimum absolute atomic E-state index is 0.0291. The van der Waals surface area contributed by atoms with E-state index in [-0.39, 0.29) is 28.6 Å². The average molecular weight is 455 g/mol. The highest BCUT2D eigenvalue weighted by atomic mass is 19.4. The fourth-order valence-electron chi connectivity index (χ4n) is 3.45. The molecule has 1 atom stereocenters. The number of hydrogen-bond donors (Lipinski definition) is 1. The molecule has 0 spiro atoms. The number of nitrogens with one attached hydrogen (secondary N) is 1. The molecule has 0 saturated heterocycles. The van der Waals surface area contributed by atoms with Crippen LogP contribution in [0, 0.1) is 0 Å². The number of fused-ring (bicyclic) bond motifs is 1. The van der Waals surface area contributed by atoms with Gasteiger partial charge in [-0.05, 0) is 24.6 Å². The molecule has 1 aromatic carbocycles. The standard InChI is InChI=1S/C23H20F3N5O2/c1-14(15-8-4-3-5-9-15)28-18(32)13-33-19-12-16(23(24,25)26)20-21(17-10-6-7-11-27-17)30-31(2)22(20)29-19/h3-12,14H,13H2,1-2H3,(H,28,32)/t14-/m0/s1. The minimum atomic E-state index is -4.70. The number of carbonyl (C=O) groups is 1. The summed E-state index contributed by atoms with van der Waals surface area (Å²) in [6, 6.07) is 14.7. The molecule has 0 fully saturated rings. The van der Waals surface area contributed by atoms with Gasteiger partial charge in [-0.15, -0.1) is 0 Å². The molecule has 0 unspecified atom stereocenters. The van der Waals surface area contributed by atoms with Crippen molar-refractivity contribution in [2.45, 2.75) is 19.1 Å². The fraction of sp³-hybridized carbons (Fsp3) is 0.217. The van der Waals surface area contributed by atoms with Crippen LogP contribution >= 0.6 is 0 Å². The van der Waals surface area contributed by atoms with Crippen molar-refractivity contribution >= 4 is 16.9 Å². The zero-order valence-corrected chi connectivity index (χ0v) is 17.8. The summed E-state index contributed by atoms with van der Waals surface area (Å²) >= 11 is 0. The predicted octanol–water partition coefficient (Wildman–Crippen LogP) is 4.31. The van der Waals surface area contributed by atoms with Gasteiger partial charge in [-0.25, -0.2) is 4.68 Å². The van der Waals surface area contributed by atoms with Gasteiger partial charge in [-0.3, -0.25) is 9.78 Å². The topological polar surface area (TPSA) is 81.9 Å². The largest absolute Gasteiger partial charge is 0.467 e. The number of aromatic nitrogens is 4. The molecule has 33 heavy (non-hydrogen) atoms. The summed E-state index contributed by atoms with van der Waals surface area (Å²) in [6.07, 6.45) is -3.22. The van der Waals surface area contributed by atoms with E-state index in [0.717, 1.165) is 11.6 Å². The number of benzene rings is 1. The Balaban J connectivity index is 1.61. The molecule has 7 nitrogen and oxygen atoms in total. The van der Waals surface area contributed by atoms with E-state index in [1.165, 1.54) is 17.9 Å². The Bertz CT molecular complexity index is 1270. The maximum Gasteiger partial charge on any atom is 0.417 e. The first kappa shape index (κ1) is 22.3. The lowest BCUT2D eigenvalue weighted by Gasteiger charge is -2.15. The summed E-state index contributed by atoms with van der Waals surface area (Å²) in [7, 11) is 1.49. The lowest BCUT2D eigenvalue weighted by Crippen LogP contribution is -2.31. The van der Waals surface area contributed by atoms with Crippen LogP contribution in [0.1, 0.15) is 24.1 Å². The summed E-state index contributed by atoms with van der Waals surface area (Å²) in [5, 5.41) is 6.76. The average Bonchev–Trinajstić information content (AvgIpc) is 3.14. The van der Waals surface area contributed by atoms with E-state index in [9.17, 15) is 18.0 Å². The lowest BCUT2D eigenvalue weighted by atomic mass is 10.1. The van der Waals surface area contributed by atoms with E-state index in [4.69, 9.17) is 4.74 Å². The second kappa shape index (κ2) is 8.89. The quantitative estimate of drug-likeness (QED) is 0.469. The third kappa shape index (κ3) is 4.79. The Labute approximate surface area is 187 Å². The molecule has 1 N–H and O–H groups in total.